The molecule has 0 amide bonds. The van der Waals surface area contributed by atoms with E-state index in [9.17, 15) is 0 Å². The number of hydrogen-bond donors (Lipinski definition) is 3. The van der Waals surface area contributed by atoms with Gasteiger partial charge in [0.05, 0.1) is 17.6 Å². The minimum atomic E-state index is 0.477. The maximum atomic E-state index is 6.23. The van der Waals surface area contributed by atoms with Crippen molar-refractivity contribution in [2.75, 3.05) is 32.5 Å². The second-order valence-corrected chi connectivity index (χ2v) is 7.43. The number of aromatic nitrogens is 3. The quantitative estimate of drug-likeness (QED) is 0.347. The number of methoxy groups -OCH3 is 1. The highest BCUT2D eigenvalue weighted by Gasteiger charge is 2.16. The number of aryl methyl sites for hydroxylation is 1. The number of fused-ring (bicyclic) bond motifs is 3. The molecule has 0 saturated carbocycles. The lowest BCUT2D eigenvalue weighted by molar-refractivity contribution is 0.199. The highest BCUT2D eigenvalue weighted by molar-refractivity contribution is 7.80. The number of imidazole rings is 1. The van der Waals surface area contributed by atoms with Gasteiger partial charge in [0.1, 0.15) is 11.3 Å². The van der Waals surface area contributed by atoms with Crippen LogP contribution in [-0.2, 0) is 17.7 Å². The molecule has 0 aliphatic heterocycles. The molecule has 2 heterocycles. The molecule has 3 rings (SSSR count). The number of nitrogens with two attached hydrogens (primary N) is 1. The van der Waals surface area contributed by atoms with E-state index >= 15 is 0 Å². The Morgan fingerprint density at radius 3 is 2.76 bits per heavy atom. The van der Waals surface area contributed by atoms with Gasteiger partial charge in [0.15, 0.2) is 10.9 Å². The average Bonchev–Trinajstić information content (AvgIpc) is 3.10. The molecule has 0 bridgehead atoms. The summed E-state index contributed by atoms with van der Waals surface area (Å²) in [7, 11) is 1.71. The van der Waals surface area contributed by atoms with E-state index in [0.717, 1.165) is 78.2 Å². The number of nitrogen functional groups attached to an aromatic ring is 1. The number of hydrogen-bond acceptors (Lipinski definition) is 5. The SMILES string of the molecule is CCCNC(=S)NCCCCn1c(CCOC)nc2c(N)nc3ccccc3c21. The smallest absolute Gasteiger partial charge is 0.166 e. The molecule has 4 N–H and O–H groups in total. The predicted octanol–water partition coefficient (Wildman–Crippen LogP) is 3.01. The van der Waals surface area contributed by atoms with Crippen molar-refractivity contribution in [3.63, 3.8) is 0 Å². The van der Waals surface area contributed by atoms with Gasteiger partial charge in [-0.3, -0.25) is 0 Å². The summed E-state index contributed by atoms with van der Waals surface area (Å²) < 4.78 is 7.56. The minimum absolute atomic E-state index is 0.477. The summed E-state index contributed by atoms with van der Waals surface area (Å²) in [5.41, 5.74) is 8.97. The van der Waals surface area contributed by atoms with E-state index in [2.05, 4.69) is 33.2 Å². The summed E-state index contributed by atoms with van der Waals surface area (Å²) in [4.78, 5) is 9.34. The van der Waals surface area contributed by atoms with Crippen LogP contribution in [0.4, 0.5) is 5.82 Å². The van der Waals surface area contributed by atoms with Gasteiger partial charge in [-0.05, 0) is 37.5 Å². The lowest BCUT2D eigenvalue weighted by Gasteiger charge is -2.12. The van der Waals surface area contributed by atoms with Gasteiger partial charge in [-0.2, -0.15) is 0 Å². The number of nitrogens with zero attached hydrogens (tertiary/aromatic N) is 3. The first-order valence-electron chi connectivity index (χ1n) is 10.2. The van der Waals surface area contributed by atoms with Gasteiger partial charge in [-0.15, -0.1) is 0 Å². The molecule has 29 heavy (non-hydrogen) atoms. The van der Waals surface area contributed by atoms with Crippen molar-refractivity contribution in [3.8, 4) is 0 Å². The van der Waals surface area contributed by atoms with Crippen LogP contribution in [0.15, 0.2) is 24.3 Å². The minimum Gasteiger partial charge on any atom is -0.384 e. The molecule has 0 aliphatic carbocycles. The van der Waals surface area contributed by atoms with Gasteiger partial charge < -0.3 is 25.7 Å². The molecule has 0 radical (unpaired) electrons. The van der Waals surface area contributed by atoms with Crippen molar-refractivity contribution >= 4 is 45.1 Å². The summed E-state index contributed by atoms with van der Waals surface area (Å²) in [6.45, 7) is 5.35. The molecule has 2 aromatic heterocycles. The first-order valence-corrected chi connectivity index (χ1v) is 10.6. The van der Waals surface area contributed by atoms with Gasteiger partial charge in [0.25, 0.3) is 0 Å². The van der Waals surface area contributed by atoms with Crippen LogP contribution in [0.5, 0.6) is 0 Å². The van der Waals surface area contributed by atoms with Crippen LogP contribution in [0.25, 0.3) is 21.9 Å². The first kappa shape index (κ1) is 21.3. The molecule has 0 spiro atoms. The Labute approximate surface area is 177 Å². The van der Waals surface area contributed by atoms with Crippen LogP contribution in [-0.4, -0.2) is 46.5 Å². The summed E-state index contributed by atoms with van der Waals surface area (Å²) in [5, 5.41) is 8.26. The first-order chi connectivity index (χ1) is 14.2. The normalized spacial score (nSPS) is 11.2. The molecule has 7 nitrogen and oxygen atoms in total. The third-order valence-electron chi connectivity index (χ3n) is 4.85. The monoisotopic (exact) mass is 414 g/mol. The third-order valence-corrected chi connectivity index (χ3v) is 5.14. The lowest BCUT2D eigenvalue weighted by atomic mass is 10.2. The van der Waals surface area contributed by atoms with E-state index < -0.39 is 0 Å². The van der Waals surface area contributed by atoms with Gasteiger partial charge in [-0.1, -0.05) is 25.1 Å². The van der Waals surface area contributed by atoms with Gasteiger partial charge in [0, 0.05) is 38.6 Å². The number of ether oxygens (including phenoxy) is 1. The molecule has 0 saturated heterocycles. The van der Waals surface area contributed by atoms with E-state index in [4.69, 9.17) is 27.7 Å². The Morgan fingerprint density at radius 2 is 1.97 bits per heavy atom. The zero-order valence-corrected chi connectivity index (χ0v) is 18.0. The number of anilines is 1. The molecule has 0 unspecified atom stereocenters. The number of pyridine rings is 1. The Kier molecular flexibility index (Phi) is 7.60. The van der Waals surface area contributed by atoms with Crippen LogP contribution in [0, 0.1) is 0 Å². The molecular weight excluding hydrogens is 384 g/mol. The van der Waals surface area contributed by atoms with E-state index in [1.165, 1.54) is 0 Å². The van der Waals surface area contributed by atoms with Crippen molar-refractivity contribution in [1.82, 2.24) is 25.2 Å². The van der Waals surface area contributed by atoms with Crippen LogP contribution >= 0.6 is 12.2 Å². The molecule has 3 aromatic rings. The maximum absolute atomic E-state index is 6.23. The Morgan fingerprint density at radius 1 is 1.17 bits per heavy atom. The summed E-state index contributed by atoms with van der Waals surface area (Å²) in [6.07, 6.45) is 3.81. The number of para-hydroxylation sites is 1. The van der Waals surface area contributed by atoms with Crippen LogP contribution in [0.3, 0.4) is 0 Å². The van der Waals surface area contributed by atoms with Gasteiger partial charge >= 0.3 is 0 Å². The summed E-state index contributed by atoms with van der Waals surface area (Å²) >= 11 is 5.28. The molecule has 1 aromatic carbocycles. The van der Waals surface area contributed by atoms with Gasteiger partial charge in [0.2, 0.25) is 0 Å². The standard InChI is InChI=1S/C21H30N6OS/c1-3-11-23-21(29)24-12-6-7-13-27-17(10-14-28-2)26-18-19(27)15-8-4-5-9-16(15)25-20(18)22/h4-5,8-9H,3,6-7,10-14H2,1-2H3,(H2,22,25)(H2,23,24,29). The van der Waals surface area contributed by atoms with Crippen LogP contribution < -0.4 is 16.4 Å². The fourth-order valence-corrected chi connectivity index (χ4v) is 3.63. The fourth-order valence-electron chi connectivity index (χ4n) is 3.43. The van der Waals surface area contributed by atoms with E-state index in [-0.39, 0.29) is 0 Å². The fraction of sp³-hybridized carbons (Fsp3) is 0.476. The number of benzene rings is 1. The molecule has 156 valence electrons. The predicted molar refractivity (Wildman–Crippen MR) is 123 cm³/mol. The van der Waals surface area contributed by atoms with Gasteiger partial charge in [-0.25, -0.2) is 9.97 Å². The van der Waals surface area contributed by atoms with Crippen LogP contribution in [0.2, 0.25) is 0 Å². The van der Waals surface area contributed by atoms with Crippen molar-refractivity contribution in [3.05, 3.63) is 30.1 Å². The van der Waals surface area contributed by atoms with E-state index in [1.807, 2.05) is 18.2 Å². The summed E-state index contributed by atoms with van der Waals surface area (Å²) in [6, 6.07) is 8.08. The number of unbranched alkanes of at least 4 members (excludes halogenated alkanes) is 1. The third kappa shape index (κ3) is 5.13. The number of nitrogens with one attached hydrogen (secondary N) is 2. The van der Waals surface area contributed by atoms with Crippen molar-refractivity contribution < 1.29 is 4.74 Å². The average molecular weight is 415 g/mol. The second kappa shape index (κ2) is 10.4. The van der Waals surface area contributed by atoms with Crippen molar-refractivity contribution in [2.24, 2.45) is 0 Å². The van der Waals surface area contributed by atoms with Crippen molar-refractivity contribution in [1.29, 1.82) is 0 Å². The highest BCUT2D eigenvalue weighted by Crippen LogP contribution is 2.29. The molecule has 0 fully saturated rings. The maximum Gasteiger partial charge on any atom is 0.166 e. The van der Waals surface area contributed by atoms with Crippen molar-refractivity contribution in [2.45, 2.75) is 39.2 Å². The zero-order chi connectivity index (χ0) is 20.6. The molecular formula is C21H30N6OS. The van der Waals surface area contributed by atoms with Crippen LogP contribution in [0.1, 0.15) is 32.0 Å². The van der Waals surface area contributed by atoms with E-state index in [1.54, 1.807) is 7.11 Å². The summed E-state index contributed by atoms with van der Waals surface area (Å²) in [5.74, 6) is 1.46. The topological polar surface area (TPSA) is 90.0 Å². The number of rotatable bonds is 10. The second-order valence-electron chi connectivity index (χ2n) is 7.02. The largest absolute Gasteiger partial charge is 0.384 e. The van der Waals surface area contributed by atoms with E-state index in [0.29, 0.717) is 12.4 Å². The Balaban J connectivity index is 1.78. The molecule has 8 heteroatoms. The zero-order valence-electron chi connectivity index (χ0n) is 17.2. The number of thiocarbonyl (C=S) groups is 1. The highest BCUT2D eigenvalue weighted by atomic mass is 32.1. The lowest BCUT2D eigenvalue weighted by Crippen LogP contribution is -2.36. The molecule has 0 atom stereocenters. The Bertz CT molecular complexity index is 971. The molecule has 0 aliphatic rings. The Hall–Kier alpha value is -2.45.